The largest absolute Gasteiger partial charge is 0.483 e. The van der Waals surface area contributed by atoms with Crippen molar-refractivity contribution < 1.29 is 9.53 Å². The lowest BCUT2D eigenvalue weighted by Gasteiger charge is -2.24. The third kappa shape index (κ3) is 4.50. The highest BCUT2D eigenvalue weighted by atomic mass is 16.5. The van der Waals surface area contributed by atoms with Gasteiger partial charge in [-0.15, -0.1) is 0 Å². The minimum atomic E-state index is 0.105. The number of carbonyl (C=O) groups is 1. The van der Waals surface area contributed by atoms with E-state index in [2.05, 4.69) is 18.3 Å². The topological polar surface area (TPSA) is 41.6 Å². The van der Waals surface area contributed by atoms with E-state index in [0.29, 0.717) is 5.41 Å². The van der Waals surface area contributed by atoms with E-state index in [4.69, 9.17) is 4.74 Å². The molecule has 1 N–H and O–H groups in total. The zero-order valence-electron chi connectivity index (χ0n) is 14.9. The molecule has 0 aromatic heterocycles. The molecule has 1 aliphatic heterocycles. The molecular weight excluding hydrogens is 300 g/mol. The van der Waals surface area contributed by atoms with E-state index in [0.717, 1.165) is 50.3 Å². The summed E-state index contributed by atoms with van der Waals surface area (Å²) in [6.07, 6.45) is 7.59. The number of hydrogen-bond donors (Lipinski definition) is 1. The molecule has 0 unspecified atom stereocenters. The van der Waals surface area contributed by atoms with Crippen LogP contribution < -0.4 is 10.1 Å². The normalized spacial score (nSPS) is 19.6. The van der Waals surface area contributed by atoms with Crippen LogP contribution in [0.3, 0.4) is 0 Å². The molecular formula is C20H30N2O2. The molecule has 0 atom stereocenters. The average molecular weight is 330 g/mol. The van der Waals surface area contributed by atoms with E-state index < -0.39 is 0 Å². The number of carbonyl (C=O) groups excluding carboxylic acids is 1. The Kier molecular flexibility index (Phi) is 5.77. The third-order valence-corrected chi connectivity index (χ3v) is 5.46. The molecule has 1 aromatic carbocycles. The van der Waals surface area contributed by atoms with Gasteiger partial charge in [-0.25, -0.2) is 0 Å². The standard InChI is InChI=1S/C20H30N2O2/c1-20(10-4-5-11-20)16-21-14-17-8-2-3-9-18(17)24-15-19(23)22-12-6-7-13-22/h2-3,8-9,21H,4-7,10-16H2,1H3. The maximum absolute atomic E-state index is 12.1. The molecule has 0 bridgehead atoms. The quantitative estimate of drug-likeness (QED) is 0.833. The van der Waals surface area contributed by atoms with Crippen molar-refractivity contribution in [3.8, 4) is 5.75 Å². The number of likely N-dealkylation sites (tertiary alicyclic amines) is 1. The van der Waals surface area contributed by atoms with Gasteiger partial charge in [-0.2, -0.15) is 0 Å². The Morgan fingerprint density at radius 2 is 1.88 bits per heavy atom. The number of para-hydroxylation sites is 1. The van der Waals surface area contributed by atoms with Gasteiger partial charge in [0, 0.05) is 31.7 Å². The van der Waals surface area contributed by atoms with Crippen LogP contribution in [-0.2, 0) is 11.3 Å². The van der Waals surface area contributed by atoms with Gasteiger partial charge in [-0.3, -0.25) is 4.79 Å². The first-order valence-electron chi connectivity index (χ1n) is 9.36. The molecule has 24 heavy (non-hydrogen) atoms. The summed E-state index contributed by atoms with van der Waals surface area (Å²) >= 11 is 0. The monoisotopic (exact) mass is 330 g/mol. The summed E-state index contributed by atoms with van der Waals surface area (Å²) in [7, 11) is 0. The first-order valence-corrected chi connectivity index (χ1v) is 9.36. The number of rotatable bonds is 7. The van der Waals surface area contributed by atoms with Crippen molar-refractivity contribution in [2.24, 2.45) is 5.41 Å². The fourth-order valence-electron chi connectivity index (χ4n) is 3.89. The number of benzene rings is 1. The Hall–Kier alpha value is -1.55. The zero-order chi connectivity index (χ0) is 16.8. The van der Waals surface area contributed by atoms with Crippen LogP contribution in [0.1, 0.15) is 51.0 Å². The smallest absolute Gasteiger partial charge is 0.260 e. The number of ether oxygens (including phenoxy) is 1. The van der Waals surface area contributed by atoms with Crippen molar-refractivity contribution in [1.29, 1.82) is 0 Å². The van der Waals surface area contributed by atoms with Crippen molar-refractivity contribution in [3.63, 3.8) is 0 Å². The minimum absolute atomic E-state index is 0.105. The van der Waals surface area contributed by atoms with Crippen molar-refractivity contribution in [3.05, 3.63) is 29.8 Å². The van der Waals surface area contributed by atoms with Crippen LogP contribution in [0.2, 0.25) is 0 Å². The summed E-state index contributed by atoms with van der Waals surface area (Å²) in [5, 5.41) is 3.59. The van der Waals surface area contributed by atoms with Crippen molar-refractivity contribution in [1.82, 2.24) is 10.2 Å². The summed E-state index contributed by atoms with van der Waals surface area (Å²) in [4.78, 5) is 14.0. The molecule has 1 amide bonds. The van der Waals surface area contributed by atoms with Gasteiger partial charge in [-0.05, 0) is 37.2 Å². The molecule has 132 valence electrons. The first kappa shape index (κ1) is 17.3. The van der Waals surface area contributed by atoms with Crippen LogP contribution in [0.5, 0.6) is 5.75 Å². The Balaban J connectivity index is 1.49. The Morgan fingerprint density at radius 1 is 1.17 bits per heavy atom. The van der Waals surface area contributed by atoms with Gasteiger partial charge in [0.05, 0.1) is 0 Å². The highest BCUT2D eigenvalue weighted by Gasteiger charge is 2.28. The van der Waals surface area contributed by atoms with Gasteiger partial charge in [0.25, 0.3) is 5.91 Å². The molecule has 1 aliphatic carbocycles. The molecule has 0 spiro atoms. The van der Waals surface area contributed by atoms with Gasteiger partial charge in [0.15, 0.2) is 6.61 Å². The second kappa shape index (κ2) is 8.02. The summed E-state index contributed by atoms with van der Waals surface area (Å²) < 4.78 is 5.83. The zero-order valence-corrected chi connectivity index (χ0v) is 14.9. The molecule has 3 rings (SSSR count). The van der Waals surface area contributed by atoms with Gasteiger partial charge in [0.1, 0.15) is 5.75 Å². The second-order valence-corrected chi connectivity index (χ2v) is 7.61. The van der Waals surface area contributed by atoms with E-state index in [1.54, 1.807) is 0 Å². The number of nitrogens with zero attached hydrogens (tertiary/aromatic N) is 1. The summed E-state index contributed by atoms with van der Waals surface area (Å²) in [5.41, 5.74) is 1.58. The average Bonchev–Trinajstić information content (AvgIpc) is 3.26. The molecule has 2 aliphatic rings. The maximum Gasteiger partial charge on any atom is 0.260 e. The summed E-state index contributed by atoms with van der Waals surface area (Å²) in [6, 6.07) is 8.05. The van der Waals surface area contributed by atoms with Crippen molar-refractivity contribution >= 4 is 5.91 Å². The van der Waals surface area contributed by atoms with Gasteiger partial charge in [0.2, 0.25) is 0 Å². The van der Waals surface area contributed by atoms with Gasteiger partial charge >= 0.3 is 0 Å². The molecule has 4 nitrogen and oxygen atoms in total. The van der Waals surface area contributed by atoms with Crippen LogP contribution in [0.4, 0.5) is 0 Å². The van der Waals surface area contributed by atoms with Crippen molar-refractivity contribution in [2.45, 2.75) is 52.0 Å². The fourth-order valence-corrected chi connectivity index (χ4v) is 3.89. The third-order valence-electron chi connectivity index (χ3n) is 5.46. The van der Waals surface area contributed by atoms with E-state index in [-0.39, 0.29) is 12.5 Å². The maximum atomic E-state index is 12.1. The summed E-state index contributed by atoms with van der Waals surface area (Å²) in [5.74, 6) is 0.933. The Labute approximate surface area is 145 Å². The minimum Gasteiger partial charge on any atom is -0.483 e. The molecule has 2 fully saturated rings. The molecule has 1 aromatic rings. The SMILES string of the molecule is CC1(CNCc2ccccc2OCC(=O)N2CCCC2)CCCC1. The number of nitrogens with one attached hydrogen (secondary N) is 1. The van der Waals surface area contributed by atoms with Crippen LogP contribution in [0, 0.1) is 5.41 Å². The van der Waals surface area contributed by atoms with Crippen LogP contribution in [-0.4, -0.2) is 37.0 Å². The predicted octanol–water partition coefficient (Wildman–Crippen LogP) is 3.36. The van der Waals surface area contributed by atoms with Crippen LogP contribution >= 0.6 is 0 Å². The molecule has 1 saturated heterocycles. The van der Waals surface area contributed by atoms with E-state index in [9.17, 15) is 4.79 Å². The number of hydrogen-bond acceptors (Lipinski definition) is 3. The van der Waals surface area contributed by atoms with Gasteiger partial charge < -0.3 is 15.0 Å². The summed E-state index contributed by atoms with van der Waals surface area (Å²) in [6.45, 7) is 6.13. The fraction of sp³-hybridized carbons (Fsp3) is 0.650. The molecule has 4 heteroatoms. The predicted molar refractivity (Wildman–Crippen MR) is 96.0 cm³/mol. The molecule has 1 heterocycles. The highest BCUT2D eigenvalue weighted by molar-refractivity contribution is 5.78. The van der Waals surface area contributed by atoms with E-state index in [1.165, 1.54) is 25.7 Å². The van der Waals surface area contributed by atoms with E-state index >= 15 is 0 Å². The first-order chi connectivity index (χ1) is 11.7. The Morgan fingerprint density at radius 3 is 2.62 bits per heavy atom. The van der Waals surface area contributed by atoms with Crippen molar-refractivity contribution in [2.75, 3.05) is 26.2 Å². The van der Waals surface area contributed by atoms with Crippen LogP contribution in [0.25, 0.3) is 0 Å². The van der Waals surface area contributed by atoms with E-state index in [1.807, 2.05) is 23.1 Å². The lowest BCUT2D eigenvalue weighted by atomic mass is 9.89. The van der Waals surface area contributed by atoms with Gasteiger partial charge in [-0.1, -0.05) is 38.0 Å². The second-order valence-electron chi connectivity index (χ2n) is 7.61. The number of amides is 1. The Bertz CT molecular complexity index is 546. The van der Waals surface area contributed by atoms with Crippen LogP contribution in [0.15, 0.2) is 24.3 Å². The molecule has 1 saturated carbocycles. The lowest BCUT2D eigenvalue weighted by molar-refractivity contribution is -0.132. The highest BCUT2D eigenvalue weighted by Crippen LogP contribution is 2.36. The lowest BCUT2D eigenvalue weighted by Crippen LogP contribution is -2.32. The molecule has 0 radical (unpaired) electrons.